The first kappa shape index (κ1) is 16.5. The molecule has 0 aromatic carbocycles. The van der Waals surface area contributed by atoms with Crippen molar-refractivity contribution < 1.29 is 24.3 Å². The summed E-state index contributed by atoms with van der Waals surface area (Å²) in [6.07, 6.45) is 2.49. The van der Waals surface area contributed by atoms with Crippen LogP contribution in [-0.2, 0) is 19.2 Å². The third kappa shape index (κ3) is 4.84. The zero-order valence-corrected chi connectivity index (χ0v) is 12.1. The highest BCUT2D eigenvalue weighted by atomic mass is 32.2. The maximum Gasteiger partial charge on any atom is 0.326 e. The first-order valence-electron chi connectivity index (χ1n) is 6.30. The molecule has 7 nitrogen and oxygen atoms in total. The Bertz CT molecular complexity index is 397. The number of hydrogen-bond donors (Lipinski definition) is 2. The summed E-state index contributed by atoms with van der Waals surface area (Å²) < 4.78 is 0. The van der Waals surface area contributed by atoms with E-state index in [1.54, 1.807) is 0 Å². The minimum absolute atomic E-state index is 0.0123. The number of carboxylic acids is 1. The average molecular weight is 302 g/mol. The molecule has 8 heteroatoms. The Morgan fingerprint density at radius 1 is 1.35 bits per heavy atom. The van der Waals surface area contributed by atoms with Gasteiger partial charge in [-0.25, -0.2) is 4.79 Å². The van der Waals surface area contributed by atoms with Crippen LogP contribution >= 0.6 is 11.8 Å². The van der Waals surface area contributed by atoms with E-state index < -0.39 is 17.9 Å². The summed E-state index contributed by atoms with van der Waals surface area (Å²) in [7, 11) is 0. The number of hydrogen-bond acceptors (Lipinski definition) is 5. The van der Waals surface area contributed by atoms with Crippen molar-refractivity contribution in [2.45, 2.75) is 31.7 Å². The maximum atomic E-state index is 11.7. The second-order valence-corrected chi connectivity index (χ2v) is 5.41. The second kappa shape index (κ2) is 7.88. The minimum Gasteiger partial charge on any atom is -0.480 e. The van der Waals surface area contributed by atoms with Gasteiger partial charge in [-0.2, -0.15) is 11.8 Å². The Morgan fingerprint density at radius 2 is 1.95 bits per heavy atom. The molecule has 1 aliphatic heterocycles. The number of nitrogens with zero attached hydrogens (tertiary/aromatic N) is 1. The van der Waals surface area contributed by atoms with Crippen molar-refractivity contribution >= 4 is 35.5 Å². The summed E-state index contributed by atoms with van der Waals surface area (Å²) in [5.74, 6) is -1.48. The summed E-state index contributed by atoms with van der Waals surface area (Å²) in [5, 5.41) is 11.4. The fourth-order valence-electron chi connectivity index (χ4n) is 1.85. The highest BCUT2D eigenvalue weighted by Crippen LogP contribution is 2.11. The van der Waals surface area contributed by atoms with Gasteiger partial charge in [-0.1, -0.05) is 0 Å². The second-order valence-electron chi connectivity index (χ2n) is 4.43. The summed E-state index contributed by atoms with van der Waals surface area (Å²) >= 11 is 1.50. The quantitative estimate of drug-likeness (QED) is 0.604. The number of carboxylic acid groups (broad SMARTS) is 1. The average Bonchev–Trinajstić information content (AvgIpc) is 2.71. The van der Waals surface area contributed by atoms with Crippen molar-refractivity contribution in [3.8, 4) is 0 Å². The van der Waals surface area contributed by atoms with Crippen molar-refractivity contribution in [2.75, 3.05) is 18.6 Å². The molecule has 0 bridgehead atoms. The molecule has 1 heterocycles. The van der Waals surface area contributed by atoms with Crippen LogP contribution in [0.4, 0.5) is 0 Å². The summed E-state index contributed by atoms with van der Waals surface area (Å²) in [5.41, 5.74) is 0. The third-order valence-corrected chi connectivity index (χ3v) is 3.61. The number of likely N-dealkylation sites (tertiary alicyclic amines) is 1. The summed E-state index contributed by atoms with van der Waals surface area (Å²) in [6, 6.07) is -0.931. The lowest BCUT2D eigenvalue weighted by molar-refractivity contribution is -0.143. The van der Waals surface area contributed by atoms with Gasteiger partial charge in [-0.05, 0) is 18.4 Å². The number of imide groups is 1. The van der Waals surface area contributed by atoms with E-state index in [2.05, 4.69) is 5.32 Å². The van der Waals surface area contributed by atoms with E-state index in [4.69, 9.17) is 5.11 Å². The van der Waals surface area contributed by atoms with Gasteiger partial charge in [0.2, 0.25) is 17.7 Å². The van der Waals surface area contributed by atoms with Gasteiger partial charge >= 0.3 is 5.97 Å². The zero-order valence-electron chi connectivity index (χ0n) is 11.3. The molecule has 1 fully saturated rings. The van der Waals surface area contributed by atoms with Crippen molar-refractivity contribution in [2.24, 2.45) is 0 Å². The van der Waals surface area contributed by atoms with Crippen LogP contribution in [-0.4, -0.2) is 58.3 Å². The monoisotopic (exact) mass is 302 g/mol. The molecule has 0 unspecified atom stereocenters. The highest BCUT2D eigenvalue weighted by molar-refractivity contribution is 7.98. The van der Waals surface area contributed by atoms with Gasteiger partial charge in [0.15, 0.2) is 0 Å². The molecule has 1 aliphatic rings. The zero-order chi connectivity index (χ0) is 15.1. The number of thioether (sulfide) groups is 1. The lowest BCUT2D eigenvalue weighted by Gasteiger charge is -2.16. The van der Waals surface area contributed by atoms with E-state index in [9.17, 15) is 19.2 Å². The molecule has 1 saturated heterocycles. The van der Waals surface area contributed by atoms with Gasteiger partial charge in [-0.15, -0.1) is 0 Å². The molecule has 2 N–H and O–H groups in total. The predicted molar refractivity (Wildman–Crippen MR) is 73.1 cm³/mol. The van der Waals surface area contributed by atoms with Crippen molar-refractivity contribution in [1.82, 2.24) is 10.2 Å². The number of carbonyl (C=O) groups is 4. The summed E-state index contributed by atoms with van der Waals surface area (Å²) in [6.45, 7) is 0.0123. The van der Waals surface area contributed by atoms with Gasteiger partial charge in [0.05, 0.1) is 0 Å². The van der Waals surface area contributed by atoms with Crippen LogP contribution in [0.5, 0.6) is 0 Å². The molecule has 0 aromatic rings. The van der Waals surface area contributed by atoms with Gasteiger partial charge in [0.1, 0.15) is 6.04 Å². The molecule has 0 radical (unpaired) electrons. The fourth-order valence-corrected chi connectivity index (χ4v) is 2.32. The van der Waals surface area contributed by atoms with E-state index in [1.807, 2.05) is 6.26 Å². The first-order valence-corrected chi connectivity index (χ1v) is 7.69. The molecular formula is C12H18N2O5S. The van der Waals surface area contributed by atoms with Crippen LogP contribution in [0.15, 0.2) is 0 Å². The Labute approximate surface area is 121 Å². The largest absolute Gasteiger partial charge is 0.480 e. The number of amides is 3. The number of rotatable bonds is 8. The Balaban J connectivity index is 2.39. The van der Waals surface area contributed by atoms with Crippen LogP contribution in [0.2, 0.25) is 0 Å². The molecule has 20 heavy (non-hydrogen) atoms. The molecule has 112 valence electrons. The van der Waals surface area contributed by atoms with Crippen LogP contribution in [0.25, 0.3) is 0 Å². The Hall–Kier alpha value is -1.57. The van der Waals surface area contributed by atoms with E-state index in [-0.39, 0.29) is 37.6 Å². The number of nitrogens with one attached hydrogen (secondary N) is 1. The smallest absolute Gasteiger partial charge is 0.326 e. The van der Waals surface area contributed by atoms with E-state index >= 15 is 0 Å². The third-order valence-electron chi connectivity index (χ3n) is 2.96. The van der Waals surface area contributed by atoms with Gasteiger partial charge in [0, 0.05) is 25.8 Å². The number of carbonyl (C=O) groups excluding carboxylic acids is 3. The molecule has 1 rings (SSSR count). The maximum absolute atomic E-state index is 11.7. The van der Waals surface area contributed by atoms with Gasteiger partial charge < -0.3 is 10.4 Å². The molecule has 0 saturated carbocycles. The van der Waals surface area contributed by atoms with E-state index in [0.29, 0.717) is 12.2 Å². The number of aliphatic carboxylic acids is 1. The fraction of sp³-hybridized carbons (Fsp3) is 0.667. The van der Waals surface area contributed by atoms with Crippen molar-refractivity contribution in [3.05, 3.63) is 0 Å². The van der Waals surface area contributed by atoms with Crippen LogP contribution in [0, 0.1) is 0 Å². The van der Waals surface area contributed by atoms with Gasteiger partial charge in [-0.3, -0.25) is 19.3 Å². The molecule has 0 aliphatic carbocycles. The Kier molecular flexibility index (Phi) is 6.50. The lowest BCUT2D eigenvalue weighted by atomic mass is 10.2. The minimum atomic E-state index is -1.08. The molecule has 1 atom stereocenters. The molecule has 0 spiro atoms. The molecule has 0 aromatic heterocycles. The highest BCUT2D eigenvalue weighted by Gasteiger charge is 2.29. The van der Waals surface area contributed by atoms with Crippen LogP contribution in [0.3, 0.4) is 0 Å². The van der Waals surface area contributed by atoms with E-state index in [1.165, 1.54) is 11.8 Å². The Morgan fingerprint density at radius 3 is 2.45 bits per heavy atom. The van der Waals surface area contributed by atoms with Crippen LogP contribution in [0.1, 0.15) is 25.7 Å². The first-order chi connectivity index (χ1) is 9.45. The standard InChI is InChI=1S/C12H18N2O5S/c1-20-7-5-8(12(18)19)13-9(15)4-6-14-10(16)2-3-11(14)17/h8H,2-7H2,1H3,(H,13,15)(H,18,19)/t8-/m1/s1. The van der Waals surface area contributed by atoms with Crippen molar-refractivity contribution in [1.29, 1.82) is 0 Å². The SMILES string of the molecule is CSCC[C@@H](NC(=O)CCN1C(=O)CCC1=O)C(=O)O. The van der Waals surface area contributed by atoms with E-state index in [0.717, 1.165) is 4.90 Å². The molecular weight excluding hydrogens is 284 g/mol. The van der Waals surface area contributed by atoms with Crippen molar-refractivity contribution in [3.63, 3.8) is 0 Å². The van der Waals surface area contributed by atoms with Gasteiger partial charge in [0.25, 0.3) is 0 Å². The predicted octanol–water partition coefficient (Wildman–Crippen LogP) is -0.152. The summed E-state index contributed by atoms with van der Waals surface area (Å²) in [4.78, 5) is 46.4. The molecule has 3 amide bonds. The normalized spacial score (nSPS) is 16.4. The lowest BCUT2D eigenvalue weighted by Crippen LogP contribution is -2.42. The topological polar surface area (TPSA) is 104 Å². The van der Waals surface area contributed by atoms with Crippen LogP contribution < -0.4 is 5.32 Å².